The number of carbonyl (C=O) groups is 2. The van der Waals surface area contributed by atoms with Crippen LogP contribution in [0.5, 0.6) is 0 Å². The van der Waals surface area contributed by atoms with E-state index in [4.69, 9.17) is 5.73 Å². The van der Waals surface area contributed by atoms with Gasteiger partial charge in [-0.25, -0.2) is 0 Å². The molecule has 3 rings (SSSR count). The Hall–Kier alpha value is -2.70. The molecule has 0 saturated carbocycles. The molecule has 2 aromatic carbocycles. The maximum atomic E-state index is 12.1. The average molecular weight is 353 g/mol. The number of hydrogen-bond acceptors (Lipinski definition) is 4. The minimum atomic E-state index is -0.644. The second-order valence-corrected chi connectivity index (χ2v) is 6.56. The van der Waals surface area contributed by atoms with Gasteiger partial charge in [-0.1, -0.05) is 24.3 Å². The Morgan fingerprint density at radius 1 is 1.08 bits per heavy atom. The SMILES string of the molecule is NC(=O)c1ccc(C(=O)NCC(O)CN2CCc3ccccc3C2)cc1. The van der Waals surface area contributed by atoms with Crippen LogP contribution in [0.2, 0.25) is 0 Å². The van der Waals surface area contributed by atoms with Gasteiger partial charge in [0.1, 0.15) is 0 Å². The summed E-state index contributed by atoms with van der Waals surface area (Å²) in [6.45, 7) is 2.40. The van der Waals surface area contributed by atoms with E-state index in [1.54, 1.807) is 12.1 Å². The molecule has 0 spiro atoms. The van der Waals surface area contributed by atoms with Gasteiger partial charge >= 0.3 is 0 Å². The monoisotopic (exact) mass is 353 g/mol. The van der Waals surface area contributed by atoms with Crippen molar-refractivity contribution in [3.05, 3.63) is 70.8 Å². The van der Waals surface area contributed by atoms with Crippen LogP contribution in [0.1, 0.15) is 31.8 Å². The summed E-state index contributed by atoms with van der Waals surface area (Å²) in [6, 6.07) is 14.5. The van der Waals surface area contributed by atoms with Crippen molar-refractivity contribution in [1.29, 1.82) is 0 Å². The zero-order valence-corrected chi connectivity index (χ0v) is 14.5. The molecule has 0 fully saturated rings. The summed E-state index contributed by atoms with van der Waals surface area (Å²) in [4.78, 5) is 25.4. The molecule has 0 saturated heterocycles. The van der Waals surface area contributed by atoms with Gasteiger partial charge in [0.2, 0.25) is 5.91 Å². The van der Waals surface area contributed by atoms with Crippen LogP contribution in [0.15, 0.2) is 48.5 Å². The van der Waals surface area contributed by atoms with E-state index in [1.165, 1.54) is 23.3 Å². The van der Waals surface area contributed by atoms with Crippen molar-refractivity contribution in [2.24, 2.45) is 5.73 Å². The highest BCUT2D eigenvalue weighted by Gasteiger charge is 2.19. The number of primary amides is 1. The third-order valence-electron chi connectivity index (χ3n) is 4.61. The van der Waals surface area contributed by atoms with Crippen molar-refractivity contribution in [2.75, 3.05) is 19.6 Å². The number of amides is 2. The number of fused-ring (bicyclic) bond motifs is 1. The molecule has 1 atom stereocenters. The summed E-state index contributed by atoms with van der Waals surface area (Å²) in [5, 5.41) is 13.0. The van der Waals surface area contributed by atoms with Crippen LogP contribution in [0, 0.1) is 0 Å². The molecule has 1 aliphatic rings. The van der Waals surface area contributed by atoms with Crippen LogP contribution in [-0.2, 0) is 13.0 Å². The fourth-order valence-electron chi connectivity index (χ4n) is 3.17. The van der Waals surface area contributed by atoms with Crippen molar-refractivity contribution >= 4 is 11.8 Å². The van der Waals surface area contributed by atoms with Crippen LogP contribution >= 0.6 is 0 Å². The number of aliphatic hydroxyl groups is 1. The quantitative estimate of drug-likeness (QED) is 0.720. The molecular weight excluding hydrogens is 330 g/mol. The Kier molecular flexibility index (Phi) is 5.65. The Bertz CT molecular complexity index is 789. The van der Waals surface area contributed by atoms with Crippen molar-refractivity contribution in [1.82, 2.24) is 10.2 Å². The number of nitrogens with one attached hydrogen (secondary N) is 1. The third-order valence-corrected chi connectivity index (χ3v) is 4.61. The number of rotatable bonds is 6. The molecule has 1 unspecified atom stereocenters. The smallest absolute Gasteiger partial charge is 0.251 e. The van der Waals surface area contributed by atoms with Crippen LogP contribution in [-0.4, -0.2) is 47.6 Å². The van der Waals surface area contributed by atoms with Gasteiger partial charge in [-0.15, -0.1) is 0 Å². The van der Waals surface area contributed by atoms with E-state index in [0.29, 0.717) is 17.7 Å². The molecule has 2 aromatic rings. The molecule has 0 radical (unpaired) electrons. The first kappa shape index (κ1) is 18.1. The van der Waals surface area contributed by atoms with Crippen molar-refractivity contribution in [3.63, 3.8) is 0 Å². The maximum Gasteiger partial charge on any atom is 0.251 e. The average Bonchev–Trinajstić information content (AvgIpc) is 2.66. The first-order chi connectivity index (χ1) is 12.5. The van der Waals surface area contributed by atoms with Crippen molar-refractivity contribution in [3.8, 4) is 0 Å². The normalized spacial score (nSPS) is 15.1. The van der Waals surface area contributed by atoms with Gasteiger partial charge in [0, 0.05) is 37.3 Å². The number of β-amino-alcohol motifs (C(OH)–C–C–N with tert-alkyl or cyclic N) is 1. The molecule has 1 heterocycles. The molecular formula is C20H23N3O3. The predicted molar refractivity (Wildman–Crippen MR) is 98.7 cm³/mol. The number of nitrogens with two attached hydrogens (primary N) is 1. The minimum absolute atomic E-state index is 0.175. The molecule has 0 aromatic heterocycles. The second-order valence-electron chi connectivity index (χ2n) is 6.56. The zero-order valence-electron chi connectivity index (χ0n) is 14.5. The molecule has 136 valence electrons. The number of carbonyl (C=O) groups excluding carboxylic acids is 2. The molecule has 6 heteroatoms. The summed E-state index contributed by atoms with van der Waals surface area (Å²) in [5.74, 6) is -0.820. The van der Waals surface area contributed by atoms with E-state index < -0.39 is 12.0 Å². The molecule has 0 bridgehead atoms. The molecule has 6 nitrogen and oxygen atoms in total. The first-order valence-corrected chi connectivity index (χ1v) is 8.68. The lowest BCUT2D eigenvalue weighted by Gasteiger charge is -2.30. The highest BCUT2D eigenvalue weighted by atomic mass is 16.3. The Morgan fingerprint density at radius 3 is 2.42 bits per heavy atom. The predicted octanol–water partition coefficient (Wildman–Crippen LogP) is 0.935. The van der Waals surface area contributed by atoms with E-state index in [1.807, 2.05) is 6.07 Å². The number of nitrogens with zero attached hydrogens (tertiary/aromatic N) is 1. The molecule has 26 heavy (non-hydrogen) atoms. The zero-order chi connectivity index (χ0) is 18.5. The largest absolute Gasteiger partial charge is 0.390 e. The van der Waals surface area contributed by atoms with Crippen LogP contribution in [0.4, 0.5) is 0 Å². The van der Waals surface area contributed by atoms with E-state index >= 15 is 0 Å². The van der Waals surface area contributed by atoms with Crippen LogP contribution in [0.25, 0.3) is 0 Å². The summed E-state index contributed by atoms with van der Waals surface area (Å²) < 4.78 is 0. The molecule has 1 aliphatic heterocycles. The standard InChI is InChI=1S/C20H23N3O3/c21-19(25)15-5-7-16(8-6-15)20(26)22-11-18(24)13-23-10-9-14-3-1-2-4-17(14)12-23/h1-8,18,24H,9-13H2,(H2,21,25)(H,22,26). The fourth-order valence-corrected chi connectivity index (χ4v) is 3.17. The topological polar surface area (TPSA) is 95.7 Å². The number of benzene rings is 2. The van der Waals surface area contributed by atoms with Gasteiger partial charge in [0.05, 0.1) is 6.10 Å². The Morgan fingerprint density at radius 2 is 1.73 bits per heavy atom. The van der Waals surface area contributed by atoms with Gasteiger partial charge in [0.15, 0.2) is 0 Å². The van der Waals surface area contributed by atoms with E-state index in [-0.39, 0.29) is 12.5 Å². The van der Waals surface area contributed by atoms with Crippen molar-refractivity contribution in [2.45, 2.75) is 19.1 Å². The number of aliphatic hydroxyl groups excluding tert-OH is 1. The first-order valence-electron chi connectivity index (χ1n) is 8.68. The lowest BCUT2D eigenvalue weighted by molar-refractivity contribution is 0.0841. The summed E-state index contributed by atoms with van der Waals surface area (Å²) >= 11 is 0. The number of hydrogen-bond donors (Lipinski definition) is 3. The van der Waals surface area contributed by atoms with Crippen LogP contribution < -0.4 is 11.1 Å². The van der Waals surface area contributed by atoms with E-state index in [0.717, 1.165) is 19.5 Å². The van der Waals surface area contributed by atoms with Crippen LogP contribution in [0.3, 0.4) is 0 Å². The molecule has 2 amide bonds. The van der Waals surface area contributed by atoms with Crippen molar-refractivity contribution < 1.29 is 14.7 Å². The van der Waals surface area contributed by atoms with Gasteiger partial charge in [-0.3, -0.25) is 14.5 Å². The highest BCUT2D eigenvalue weighted by Crippen LogP contribution is 2.18. The minimum Gasteiger partial charge on any atom is -0.390 e. The van der Waals surface area contributed by atoms with E-state index in [9.17, 15) is 14.7 Å². The fraction of sp³-hybridized carbons (Fsp3) is 0.300. The van der Waals surface area contributed by atoms with Gasteiger partial charge in [-0.2, -0.15) is 0 Å². The Balaban J connectivity index is 1.47. The van der Waals surface area contributed by atoms with Gasteiger partial charge in [-0.05, 0) is 41.8 Å². The van der Waals surface area contributed by atoms with Gasteiger partial charge in [0.25, 0.3) is 5.91 Å². The lowest BCUT2D eigenvalue weighted by Crippen LogP contribution is -2.42. The summed E-state index contributed by atoms with van der Waals surface area (Å²) in [7, 11) is 0. The van der Waals surface area contributed by atoms with Gasteiger partial charge < -0.3 is 16.2 Å². The second kappa shape index (κ2) is 8.12. The highest BCUT2D eigenvalue weighted by molar-refractivity contribution is 5.97. The molecule has 4 N–H and O–H groups in total. The lowest BCUT2D eigenvalue weighted by atomic mass is 10.00. The maximum absolute atomic E-state index is 12.1. The van der Waals surface area contributed by atoms with E-state index in [2.05, 4.69) is 28.4 Å². The third kappa shape index (κ3) is 4.47. The summed E-state index contributed by atoms with van der Waals surface area (Å²) in [6.07, 6.45) is 0.329. The summed E-state index contributed by atoms with van der Waals surface area (Å²) in [5.41, 5.74) is 8.62. The molecule has 0 aliphatic carbocycles. The Labute approximate surface area is 152 Å².